The zero-order valence-corrected chi connectivity index (χ0v) is 15.0. The second-order valence-corrected chi connectivity index (χ2v) is 6.47. The molecule has 0 aliphatic heterocycles. The fourth-order valence-corrected chi connectivity index (χ4v) is 3.00. The summed E-state index contributed by atoms with van der Waals surface area (Å²) >= 11 is 5.29. The molecule has 120 valence electrons. The van der Waals surface area contributed by atoms with Crippen molar-refractivity contribution in [2.24, 2.45) is 0 Å². The van der Waals surface area contributed by atoms with Gasteiger partial charge in [-0.1, -0.05) is 34.9 Å². The predicted molar refractivity (Wildman–Crippen MR) is 100 cm³/mol. The number of carbonyl (C=O) groups excluding carboxylic acids is 1. The number of thiocarbonyl (C=S) groups is 1. The second kappa shape index (κ2) is 6.92. The van der Waals surface area contributed by atoms with E-state index in [1.165, 1.54) is 5.56 Å². The first kappa shape index (κ1) is 17.2. The molecule has 0 radical (unpaired) electrons. The highest BCUT2D eigenvalue weighted by molar-refractivity contribution is 7.80. The van der Waals surface area contributed by atoms with Gasteiger partial charge < -0.3 is 5.32 Å². The standard InChI is InChI=1S/C19H22N2OS/c1-11-6-12(2)10-16(9-11)18(22)21-19(23)20-17-14(4)7-13(3)8-15(17)5/h6-10H,1-5H3,(H2,20,21,22,23). The van der Waals surface area contributed by atoms with E-state index in [1.807, 2.05) is 45.9 Å². The molecule has 0 heterocycles. The van der Waals surface area contributed by atoms with Crippen LogP contribution in [0.1, 0.15) is 38.2 Å². The number of anilines is 1. The van der Waals surface area contributed by atoms with Crippen molar-refractivity contribution >= 4 is 28.9 Å². The van der Waals surface area contributed by atoms with E-state index in [4.69, 9.17) is 12.2 Å². The third kappa shape index (κ3) is 4.39. The maximum absolute atomic E-state index is 12.3. The second-order valence-electron chi connectivity index (χ2n) is 6.06. The summed E-state index contributed by atoms with van der Waals surface area (Å²) in [6, 6.07) is 9.92. The minimum atomic E-state index is -0.197. The lowest BCUT2D eigenvalue weighted by Crippen LogP contribution is -2.34. The summed E-state index contributed by atoms with van der Waals surface area (Å²) in [5.74, 6) is -0.197. The molecule has 0 bridgehead atoms. The van der Waals surface area contributed by atoms with Crippen molar-refractivity contribution in [3.05, 3.63) is 63.7 Å². The van der Waals surface area contributed by atoms with Crippen molar-refractivity contribution in [2.45, 2.75) is 34.6 Å². The Labute approximate surface area is 143 Å². The van der Waals surface area contributed by atoms with Gasteiger partial charge in [0.05, 0.1) is 0 Å². The number of carbonyl (C=O) groups is 1. The lowest BCUT2D eigenvalue weighted by atomic mass is 10.1. The summed E-state index contributed by atoms with van der Waals surface area (Å²) in [4.78, 5) is 12.3. The van der Waals surface area contributed by atoms with Crippen molar-refractivity contribution in [1.29, 1.82) is 0 Å². The van der Waals surface area contributed by atoms with Gasteiger partial charge in [0, 0.05) is 11.3 Å². The van der Waals surface area contributed by atoms with Crippen LogP contribution in [0.15, 0.2) is 30.3 Å². The average molecular weight is 326 g/mol. The summed E-state index contributed by atoms with van der Waals surface area (Å²) < 4.78 is 0. The molecule has 0 aliphatic rings. The van der Waals surface area contributed by atoms with Gasteiger partial charge in [0.15, 0.2) is 5.11 Å². The molecule has 2 rings (SSSR count). The van der Waals surface area contributed by atoms with Crippen LogP contribution in [0, 0.1) is 34.6 Å². The first-order chi connectivity index (χ1) is 10.8. The highest BCUT2D eigenvalue weighted by Crippen LogP contribution is 2.21. The van der Waals surface area contributed by atoms with Gasteiger partial charge >= 0.3 is 0 Å². The Morgan fingerprint density at radius 2 is 1.30 bits per heavy atom. The largest absolute Gasteiger partial charge is 0.332 e. The molecular weight excluding hydrogens is 304 g/mol. The van der Waals surface area contributed by atoms with Gasteiger partial charge in [-0.05, 0) is 70.1 Å². The number of benzene rings is 2. The lowest BCUT2D eigenvalue weighted by Gasteiger charge is -2.15. The molecule has 0 unspecified atom stereocenters. The zero-order valence-electron chi connectivity index (χ0n) is 14.2. The first-order valence-electron chi connectivity index (χ1n) is 7.54. The number of hydrogen-bond donors (Lipinski definition) is 2. The smallest absolute Gasteiger partial charge is 0.257 e. The van der Waals surface area contributed by atoms with Gasteiger partial charge in [0.25, 0.3) is 5.91 Å². The van der Waals surface area contributed by atoms with Crippen LogP contribution in [0.25, 0.3) is 0 Å². The van der Waals surface area contributed by atoms with Crippen LogP contribution >= 0.6 is 12.2 Å². The molecule has 0 saturated carbocycles. The van der Waals surface area contributed by atoms with Crippen LogP contribution in [-0.4, -0.2) is 11.0 Å². The van der Waals surface area contributed by atoms with Gasteiger partial charge in [0.1, 0.15) is 0 Å². The van der Waals surface area contributed by atoms with Gasteiger partial charge in [-0.25, -0.2) is 0 Å². The quantitative estimate of drug-likeness (QED) is 0.806. The molecule has 2 aromatic rings. The van der Waals surface area contributed by atoms with Crippen molar-refractivity contribution in [3.8, 4) is 0 Å². The number of hydrogen-bond acceptors (Lipinski definition) is 2. The molecule has 0 atom stereocenters. The van der Waals surface area contributed by atoms with Gasteiger partial charge in [-0.2, -0.15) is 0 Å². The van der Waals surface area contributed by atoms with Crippen LogP contribution in [0.2, 0.25) is 0 Å². The minimum absolute atomic E-state index is 0.197. The van der Waals surface area contributed by atoms with Crippen molar-refractivity contribution < 1.29 is 4.79 Å². The lowest BCUT2D eigenvalue weighted by molar-refractivity contribution is 0.0977. The van der Waals surface area contributed by atoms with Crippen LogP contribution in [-0.2, 0) is 0 Å². The third-order valence-corrected chi connectivity index (χ3v) is 3.83. The molecule has 0 aromatic heterocycles. The monoisotopic (exact) mass is 326 g/mol. The highest BCUT2D eigenvalue weighted by Gasteiger charge is 2.11. The van der Waals surface area contributed by atoms with Crippen LogP contribution in [0.4, 0.5) is 5.69 Å². The van der Waals surface area contributed by atoms with E-state index in [2.05, 4.69) is 29.7 Å². The fourth-order valence-electron chi connectivity index (χ4n) is 2.80. The molecule has 4 heteroatoms. The molecule has 1 amide bonds. The van der Waals surface area contributed by atoms with Crippen LogP contribution in [0.5, 0.6) is 0 Å². The van der Waals surface area contributed by atoms with E-state index in [-0.39, 0.29) is 5.91 Å². The van der Waals surface area contributed by atoms with E-state index in [0.29, 0.717) is 10.7 Å². The van der Waals surface area contributed by atoms with Gasteiger partial charge in [-0.15, -0.1) is 0 Å². The van der Waals surface area contributed by atoms with Crippen LogP contribution < -0.4 is 10.6 Å². The Kier molecular flexibility index (Phi) is 5.16. The molecular formula is C19H22N2OS. The van der Waals surface area contributed by atoms with Crippen molar-refractivity contribution in [1.82, 2.24) is 5.32 Å². The fraction of sp³-hybridized carbons (Fsp3) is 0.263. The predicted octanol–water partition coefficient (Wildman–Crippen LogP) is 4.36. The summed E-state index contributed by atoms with van der Waals surface area (Å²) in [6.45, 7) is 10.1. The summed E-state index contributed by atoms with van der Waals surface area (Å²) in [5.41, 5.74) is 7.08. The Morgan fingerprint density at radius 1 is 0.826 bits per heavy atom. The first-order valence-corrected chi connectivity index (χ1v) is 7.95. The SMILES string of the molecule is Cc1cc(C)cc(C(=O)NC(=S)Nc2c(C)cc(C)cc2C)c1. The number of rotatable bonds is 2. The number of nitrogens with one attached hydrogen (secondary N) is 2. The average Bonchev–Trinajstić information content (AvgIpc) is 2.41. The molecule has 3 nitrogen and oxygen atoms in total. The maximum Gasteiger partial charge on any atom is 0.257 e. The maximum atomic E-state index is 12.3. The Morgan fingerprint density at radius 3 is 1.83 bits per heavy atom. The van der Waals surface area contributed by atoms with Crippen molar-refractivity contribution in [2.75, 3.05) is 5.32 Å². The van der Waals surface area contributed by atoms with Crippen molar-refractivity contribution in [3.63, 3.8) is 0 Å². The van der Waals surface area contributed by atoms with E-state index in [1.54, 1.807) is 0 Å². The normalized spacial score (nSPS) is 10.3. The molecule has 0 spiro atoms. The zero-order chi connectivity index (χ0) is 17.1. The van der Waals surface area contributed by atoms with E-state index in [9.17, 15) is 4.79 Å². The van der Waals surface area contributed by atoms with E-state index >= 15 is 0 Å². The molecule has 0 aliphatic carbocycles. The molecule has 0 fully saturated rings. The third-order valence-electron chi connectivity index (χ3n) is 3.63. The topological polar surface area (TPSA) is 41.1 Å². The number of aryl methyl sites for hydroxylation is 5. The minimum Gasteiger partial charge on any atom is -0.332 e. The van der Waals surface area contributed by atoms with Crippen LogP contribution in [0.3, 0.4) is 0 Å². The van der Waals surface area contributed by atoms with E-state index < -0.39 is 0 Å². The molecule has 23 heavy (non-hydrogen) atoms. The Hall–Kier alpha value is -2.20. The van der Waals surface area contributed by atoms with Gasteiger partial charge in [0.2, 0.25) is 0 Å². The molecule has 2 aromatic carbocycles. The molecule has 2 N–H and O–H groups in total. The Bertz CT molecular complexity index is 738. The van der Waals surface area contributed by atoms with E-state index in [0.717, 1.165) is 27.9 Å². The summed E-state index contributed by atoms with van der Waals surface area (Å²) in [7, 11) is 0. The summed E-state index contributed by atoms with van der Waals surface area (Å²) in [5, 5.41) is 6.19. The Balaban J connectivity index is 2.12. The summed E-state index contributed by atoms with van der Waals surface area (Å²) in [6.07, 6.45) is 0. The highest BCUT2D eigenvalue weighted by atomic mass is 32.1. The molecule has 0 saturated heterocycles. The van der Waals surface area contributed by atoms with Gasteiger partial charge in [-0.3, -0.25) is 10.1 Å². The number of amides is 1.